The van der Waals surface area contributed by atoms with Gasteiger partial charge in [0.15, 0.2) is 0 Å². The average molecular weight is 363 g/mol. The molecule has 2 aromatic heterocycles. The van der Waals surface area contributed by atoms with Gasteiger partial charge in [-0.15, -0.1) is 0 Å². The fourth-order valence-electron chi connectivity index (χ4n) is 3.07. The Labute approximate surface area is 157 Å². The molecule has 1 aromatic carbocycles. The van der Waals surface area contributed by atoms with Crippen molar-refractivity contribution in [3.8, 4) is 11.4 Å². The normalized spacial score (nSPS) is 14.3. The lowest BCUT2D eigenvalue weighted by atomic mass is 10.2. The highest BCUT2D eigenvalue weighted by molar-refractivity contribution is 5.89. The van der Waals surface area contributed by atoms with E-state index < -0.39 is 0 Å². The second-order valence-electron chi connectivity index (χ2n) is 6.46. The molecule has 8 nitrogen and oxygen atoms in total. The zero-order valence-electron chi connectivity index (χ0n) is 15.1. The Bertz CT molecular complexity index is 899. The van der Waals surface area contributed by atoms with Crippen molar-refractivity contribution in [2.75, 3.05) is 36.4 Å². The Morgan fingerprint density at radius 1 is 1.04 bits per heavy atom. The molecule has 2 N–H and O–H groups in total. The van der Waals surface area contributed by atoms with E-state index in [1.165, 1.54) is 0 Å². The van der Waals surface area contributed by atoms with Crippen LogP contribution in [0, 0.1) is 6.92 Å². The molecule has 0 radical (unpaired) electrons. The third-order valence-electron chi connectivity index (χ3n) is 4.55. The first-order valence-electron chi connectivity index (χ1n) is 8.88. The highest BCUT2D eigenvalue weighted by Crippen LogP contribution is 2.19. The lowest BCUT2D eigenvalue weighted by Gasteiger charge is -2.35. The number of nitrogens with zero attached hydrogens (tertiary/aromatic N) is 5. The zero-order chi connectivity index (χ0) is 18.6. The number of imidazole rings is 1. The van der Waals surface area contributed by atoms with Gasteiger partial charge in [-0.3, -0.25) is 4.98 Å². The summed E-state index contributed by atoms with van der Waals surface area (Å²) in [5.41, 5.74) is 2.77. The highest BCUT2D eigenvalue weighted by Gasteiger charge is 2.22. The lowest BCUT2D eigenvalue weighted by molar-refractivity contribution is 0.208. The molecule has 1 aliphatic heterocycles. The highest BCUT2D eigenvalue weighted by atomic mass is 16.2. The van der Waals surface area contributed by atoms with E-state index in [0.717, 1.165) is 41.7 Å². The summed E-state index contributed by atoms with van der Waals surface area (Å²) < 4.78 is 0. The summed E-state index contributed by atoms with van der Waals surface area (Å²) in [6.07, 6.45) is 6.89. The van der Waals surface area contributed by atoms with Crippen LogP contribution in [0.4, 0.5) is 16.3 Å². The first-order chi connectivity index (χ1) is 13.2. The van der Waals surface area contributed by atoms with E-state index in [1.807, 2.05) is 36.1 Å². The van der Waals surface area contributed by atoms with Gasteiger partial charge < -0.3 is 20.1 Å². The van der Waals surface area contributed by atoms with Crippen LogP contribution in [0.2, 0.25) is 0 Å². The van der Waals surface area contributed by atoms with Crippen molar-refractivity contribution >= 4 is 17.5 Å². The maximum atomic E-state index is 12.5. The van der Waals surface area contributed by atoms with Crippen molar-refractivity contribution in [1.82, 2.24) is 24.8 Å². The Balaban J connectivity index is 1.33. The largest absolute Gasteiger partial charge is 0.352 e. The van der Waals surface area contributed by atoms with Crippen LogP contribution < -0.4 is 10.2 Å². The number of urea groups is 1. The summed E-state index contributed by atoms with van der Waals surface area (Å²) in [6.45, 7) is 4.74. The molecule has 3 aromatic rings. The molecule has 0 bridgehead atoms. The van der Waals surface area contributed by atoms with E-state index >= 15 is 0 Å². The molecule has 8 heteroatoms. The summed E-state index contributed by atoms with van der Waals surface area (Å²) in [5, 5.41) is 2.96. The summed E-state index contributed by atoms with van der Waals surface area (Å²) >= 11 is 0. The zero-order valence-corrected chi connectivity index (χ0v) is 15.1. The van der Waals surface area contributed by atoms with Crippen molar-refractivity contribution in [2.24, 2.45) is 0 Å². The first kappa shape index (κ1) is 17.0. The Kier molecular flexibility index (Phi) is 4.69. The molecule has 0 spiro atoms. The standard InChI is InChI=1S/C19H21N7O/c1-14-12-22-18(23-14)15-2-4-16(5-3-15)24-19(27)26-10-8-25(9-11-26)17-13-20-6-7-21-17/h2-7,12-13H,8-11H2,1H3,(H,22,23)(H,24,27). The predicted molar refractivity (Wildman–Crippen MR) is 104 cm³/mol. The molecule has 1 saturated heterocycles. The fraction of sp³-hybridized carbons (Fsp3) is 0.263. The Morgan fingerprint density at radius 2 is 1.81 bits per heavy atom. The number of hydrogen-bond donors (Lipinski definition) is 2. The molecule has 138 valence electrons. The molecule has 1 fully saturated rings. The number of carbonyl (C=O) groups excluding carboxylic acids is 1. The summed E-state index contributed by atoms with van der Waals surface area (Å²) in [7, 11) is 0. The van der Waals surface area contributed by atoms with Crippen molar-refractivity contribution in [2.45, 2.75) is 6.92 Å². The molecular formula is C19H21N7O. The predicted octanol–water partition coefficient (Wildman–Crippen LogP) is 2.53. The summed E-state index contributed by atoms with van der Waals surface area (Å²) in [4.78, 5) is 32.4. The number of aromatic amines is 1. The van der Waals surface area contributed by atoms with E-state index in [9.17, 15) is 4.79 Å². The molecule has 0 aliphatic carbocycles. The topological polar surface area (TPSA) is 90.0 Å². The number of amides is 2. The number of aromatic nitrogens is 4. The van der Waals surface area contributed by atoms with Gasteiger partial charge in [-0.2, -0.15) is 0 Å². The maximum absolute atomic E-state index is 12.5. The lowest BCUT2D eigenvalue weighted by Crippen LogP contribution is -2.50. The van der Waals surface area contributed by atoms with Crippen LogP contribution in [0.5, 0.6) is 0 Å². The number of nitrogens with one attached hydrogen (secondary N) is 2. The van der Waals surface area contributed by atoms with Gasteiger partial charge in [-0.1, -0.05) is 0 Å². The quantitative estimate of drug-likeness (QED) is 0.746. The van der Waals surface area contributed by atoms with E-state index in [4.69, 9.17) is 0 Å². The van der Waals surface area contributed by atoms with Crippen LogP contribution in [0.1, 0.15) is 5.69 Å². The van der Waals surface area contributed by atoms with E-state index in [0.29, 0.717) is 13.1 Å². The molecular weight excluding hydrogens is 342 g/mol. The van der Waals surface area contributed by atoms with Crippen LogP contribution in [0.25, 0.3) is 11.4 Å². The van der Waals surface area contributed by atoms with E-state index in [-0.39, 0.29) is 6.03 Å². The Morgan fingerprint density at radius 3 is 2.44 bits per heavy atom. The van der Waals surface area contributed by atoms with Crippen LogP contribution in [0.3, 0.4) is 0 Å². The van der Waals surface area contributed by atoms with Crippen molar-refractivity contribution in [3.05, 3.63) is 54.7 Å². The van der Waals surface area contributed by atoms with Gasteiger partial charge in [0.05, 0.1) is 6.20 Å². The Hall–Kier alpha value is -3.42. The maximum Gasteiger partial charge on any atom is 0.321 e. The number of benzene rings is 1. The van der Waals surface area contributed by atoms with Gasteiger partial charge >= 0.3 is 6.03 Å². The van der Waals surface area contributed by atoms with Gasteiger partial charge in [0, 0.05) is 61.7 Å². The monoisotopic (exact) mass is 363 g/mol. The number of aryl methyl sites for hydroxylation is 1. The third kappa shape index (κ3) is 3.89. The number of anilines is 2. The van der Waals surface area contributed by atoms with Crippen molar-refractivity contribution in [1.29, 1.82) is 0 Å². The van der Waals surface area contributed by atoms with Crippen LogP contribution in [-0.4, -0.2) is 57.0 Å². The first-order valence-corrected chi connectivity index (χ1v) is 8.88. The van der Waals surface area contributed by atoms with Crippen molar-refractivity contribution in [3.63, 3.8) is 0 Å². The molecule has 1 aliphatic rings. The fourth-order valence-corrected chi connectivity index (χ4v) is 3.07. The van der Waals surface area contributed by atoms with E-state index in [1.54, 1.807) is 24.8 Å². The molecule has 0 saturated carbocycles. The molecule has 0 unspecified atom stereocenters. The molecule has 27 heavy (non-hydrogen) atoms. The molecule has 2 amide bonds. The van der Waals surface area contributed by atoms with Crippen LogP contribution >= 0.6 is 0 Å². The number of hydrogen-bond acceptors (Lipinski definition) is 5. The van der Waals surface area contributed by atoms with Crippen molar-refractivity contribution < 1.29 is 4.79 Å². The van der Waals surface area contributed by atoms with E-state index in [2.05, 4.69) is 30.2 Å². The number of piperazine rings is 1. The molecule has 3 heterocycles. The minimum Gasteiger partial charge on any atom is -0.352 e. The van der Waals surface area contributed by atoms with Crippen LogP contribution in [-0.2, 0) is 0 Å². The molecule has 4 rings (SSSR count). The van der Waals surface area contributed by atoms with Gasteiger partial charge in [-0.05, 0) is 31.2 Å². The summed E-state index contributed by atoms with van der Waals surface area (Å²) in [6, 6.07) is 7.58. The number of carbonyl (C=O) groups is 1. The third-order valence-corrected chi connectivity index (χ3v) is 4.55. The number of rotatable bonds is 3. The van der Waals surface area contributed by atoms with Gasteiger partial charge in [-0.25, -0.2) is 14.8 Å². The second-order valence-corrected chi connectivity index (χ2v) is 6.46. The smallest absolute Gasteiger partial charge is 0.321 e. The van der Waals surface area contributed by atoms with Gasteiger partial charge in [0.2, 0.25) is 0 Å². The average Bonchev–Trinajstić information content (AvgIpc) is 3.16. The number of H-pyrrole nitrogens is 1. The van der Waals surface area contributed by atoms with Gasteiger partial charge in [0.25, 0.3) is 0 Å². The molecule has 0 atom stereocenters. The van der Waals surface area contributed by atoms with Crippen LogP contribution in [0.15, 0.2) is 49.1 Å². The second kappa shape index (κ2) is 7.45. The minimum atomic E-state index is -0.0876. The minimum absolute atomic E-state index is 0.0876. The summed E-state index contributed by atoms with van der Waals surface area (Å²) in [5.74, 6) is 1.67. The van der Waals surface area contributed by atoms with Gasteiger partial charge in [0.1, 0.15) is 11.6 Å². The SMILES string of the molecule is Cc1cnc(-c2ccc(NC(=O)N3CCN(c4cnccn4)CC3)cc2)[nH]1.